The number of thiocarbonyl (C=S) groups is 1. The van der Waals surface area contributed by atoms with Crippen molar-refractivity contribution in [3.63, 3.8) is 0 Å². The highest BCUT2D eigenvalue weighted by Crippen LogP contribution is 2.43. The molecule has 6 rings (SSSR count). The highest BCUT2D eigenvalue weighted by atomic mass is 35.5. The molecule has 2 atom stereocenters. The fourth-order valence-electron chi connectivity index (χ4n) is 4.39. The molecule has 0 saturated carbocycles. The molecule has 3 aromatic carbocycles. The smallest absolute Gasteiger partial charge is 0.174 e. The second-order valence-corrected chi connectivity index (χ2v) is 10.5. The average Bonchev–Trinajstić information content (AvgIpc) is 3.55. The standard InChI is InChI=1S/C30H22ClN3O2S2/c31-20-9-15-24(16-10-20)38-27-18-17-26(36-27)29-28(25-8-4-5-19-32-25)33-30(37)34(29)21-11-13-23(14-12-21)35-22-6-2-1-3-7-22/h1-19,28-29H,(H,33,37). The number of ether oxygens (including phenoxy) is 1. The van der Waals surface area contributed by atoms with Gasteiger partial charge < -0.3 is 19.4 Å². The van der Waals surface area contributed by atoms with Gasteiger partial charge in [0.05, 0.1) is 11.7 Å². The molecule has 2 unspecified atom stereocenters. The van der Waals surface area contributed by atoms with Gasteiger partial charge in [0.15, 0.2) is 10.2 Å². The summed E-state index contributed by atoms with van der Waals surface area (Å²) in [6, 6.07) is 34.8. The van der Waals surface area contributed by atoms with E-state index in [1.807, 2.05) is 109 Å². The summed E-state index contributed by atoms with van der Waals surface area (Å²) in [6.07, 6.45) is 1.79. The van der Waals surface area contributed by atoms with Gasteiger partial charge >= 0.3 is 0 Å². The van der Waals surface area contributed by atoms with Gasteiger partial charge in [-0.05, 0) is 97.1 Å². The van der Waals surface area contributed by atoms with Crippen molar-refractivity contribution < 1.29 is 9.15 Å². The number of furan rings is 1. The van der Waals surface area contributed by atoms with Crippen LogP contribution in [-0.4, -0.2) is 10.1 Å². The zero-order valence-electron chi connectivity index (χ0n) is 20.0. The van der Waals surface area contributed by atoms with Crippen LogP contribution in [0.4, 0.5) is 5.69 Å². The van der Waals surface area contributed by atoms with Gasteiger partial charge in [0, 0.05) is 21.8 Å². The number of nitrogens with one attached hydrogen (secondary N) is 1. The molecule has 0 aliphatic carbocycles. The largest absolute Gasteiger partial charge is 0.457 e. The number of hydrogen-bond donors (Lipinski definition) is 1. The summed E-state index contributed by atoms with van der Waals surface area (Å²) in [4.78, 5) is 7.74. The minimum Gasteiger partial charge on any atom is -0.457 e. The van der Waals surface area contributed by atoms with Crippen molar-refractivity contribution in [1.82, 2.24) is 10.3 Å². The van der Waals surface area contributed by atoms with E-state index in [-0.39, 0.29) is 12.1 Å². The Labute approximate surface area is 235 Å². The van der Waals surface area contributed by atoms with E-state index in [1.165, 1.54) is 0 Å². The summed E-state index contributed by atoms with van der Waals surface area (Å²) in [7, 11) is 0. The minimum atomic E-state index is -0.238. The SMILES string of the molecule is S=C1NC(c2ccccn2)C(c2ccc(Sc3ccc(Cl)cc3)o2)N1c1ccc(Oc2ccccc2)cc1. The molecule has 8 heteroatoms. The van der Waals surface area contributed by atoms with Crippen LogP contribution >= 0.6 is 35.6 Å². The van der Waals surface area contributed by atoms with Crippen LogP contribution in [0.2, 0.25) is 5.02 Å². The van der Waals surface area contributed by atoms with E-state index in [2.05, 4.69) is 15.2 Å². The molecule has 0 radical (unpaired) electrons. The molecule has 1 fully saturated rings. The number of benzene rings is 3. The molecule has 1 aliphatic rings. The van der Waals surface area contributed by atoms with Crippen molar-refractivity contribution in [3.05, 3.63) is 132 Å². The molecule has 1 saturated heterocycles. The van der Waals surface area contributed by atoms with Gasteiger partial charge in [0.2, 0.25) is 0 Å². The number of nitrogens with zero attached hydrogens (tertiary/aromatic N) is 2. The molecule has 188 valence electrons. The number of halogens is 1. The van der Waals surface area contributed by atoms with Crippen molar-refractivity contribution in [2.24, 2.45) is 0 Å². The van der Waals surface area contributed by atoms with Crippen LogP contribution in [0.1, 0.15) is 23.5 Å². The number of pyridine rings is 1. The van der Waals surface area contributed by atoms with E-state index >= 15 is 0 Å². The lowest BCUT2D eigenvalue weighted by atomic mass is 10.0. The lowest BCUT2D eigenvalue weighted by Gasteiger charge is -2.26. The highest BCUT2D eigenvalue weighted by molar-refractivity contribution is 7.99. The normalized spacial score (nSPS) is 16.9. The number of hydrogen-bond acceptors (Lipinski definition) is 5. The Bertz CT molecular complexity index is 1530. The van der Waals surface area contributed by atoms with Crippen LogP contribution in [0.3, 0.4) is 0 Å². The molecular formula is C30H22ClN3O2S2. The molecule has 0 spiro atoms. The maximum atomic E-state index is 6.39. The monoisotopic (exact) mass is 555 g/mol. The first kappa shape index (κ1) is 24.6. The van der Waals surface area contributed by atoms with Gasteiger partial charge in [-0.3, -0.25) is 4.98 Å². The van der Waals surface area contributed by atoms with Crippen LogP contribution in [-0.2, 0) is 0 Å². The van der Waals surface area contributed by atoms with Gasteiger partial charge in [-0.1, -0.05) is 47.6 Å². The van der Waals surface area contributed by atoms with Crippen LogP contribution in [0, 0.1) is 0 Å². The highest BCUT2D eigenvalue weighted by Gasteiger charge is 2.42. The molecule has 1 N–H and O–H groups in total. The predicted octanol–water partition coefficient (Wildman–Crippen LogP) is 8.45. The second kappa shape index (κ2) is 10.9. The van der Waals surface area contributed by atoms with Gasteiger partial charge in [0.1, 0.15) is 23.3 Å². The zero-order chi connectivity index (χ0) is 25.9. The quantitative estimate of drug-likeness (QED) is 0.202. The molecule has 2 aromatic heterocycles. The predicted molar refractivity (Wildman–Crippen MR) is 155 cm³/mol. The number of aromatic nitrogens is 1. The third kappa shape index (κ3) is 5.27. The van der Waals surface area contributed by atoms with E-state index < -0.39 is 0 Å². The molecule has 5 nitrogen and oxygen atoms in total. The van der Waals surface area contributed by atoms with E-state index in [9.17, 15) is 0 Å². The molecule has 3 heterocycles. The lowest BCUT2D eigenvalue weighted by molar-refractivity contribution is 0.383. The maximum absolute atomic E-state index is 6.39. The van der Waals surface area contributed by atoms with E-state index in [0.717, 1.165) is 38.6 Å². The molecule has 1 aliphatic heterocycles. The summed E-state index contributed by atoms with van der Waals surface area (Å²) >= 11 is 13.4. The van der Waals surface area contributed by atoms with E-state index in [0.29, 0.717) is 10.1 Å². The van der Waals surface area contributed by atoms with Crippen molar-refractivity contribution in [2.45, 2.75) is 22.1 Å². The summed E-state index contributed by atoms with van der Waals surface area (Å²) < 4.78 is 12.4. The zero-order valence-corrected chi connectivity index (χ0v) is 22.4. The number of rotatable bonds is 7. The second-order valence-electron chi connectivity index (χ2n) is 8.62. The summed E-state index contributed by atoms with van der Waals surface area (Å²) in [5, 5.41) is 5.56. The Kier molecular flexibility index (Phi) is 7.05. The summed E-state index contributed by atoms with van der Waals surface area (Å²) in [5.41, 5.74) is 1.81. The van der Waals surface area contributed by atoms with Crippen molar-refractivity contribution in [2.75, 3.05) is 4.90 Å². The molecule has 5 aromatic rings. The van der Waals surface area contributed by atoms with Gasteiger partial charge in [-0.25, -0.2) is 0 Å². The Morgan fingerprint density at radius 3 is 2.32 bits per heavy atom. The van der Waals surface area contributed by atoms with Crippen LogP contribution < -0.4 is 15.0 Å². The third-order valence-corrected chi connectivity index (χ3v) is 7.61. The van der Waals surface area contributed by atoms with E-state index in [4.69, 9.17) is 33.0 Å². The fraction of sp³-hybridized carbons (Fsp3) is 0.0667. The maximum Gasteiger partial charge on any atom is 0.174 e. The number of anilines is 1. The van der Waals surface area contributed by atoms with E-state index in [1.54, 1.807) is 18.0 Å². The van der Waals surface area contributed by atoms with Gasteiger partial charge in [-0.15, -0.1) is 0 Å². The molecular weight excluding hydrogens is 534 g/mol. The van der Waals surface area contributed by atoms with Crippen LogP contribution in [0.5, 0.6) is 11.5 Å². The first-order valence-corrected chi connectivity index (χ1v) is 13.6. The third-order valence-electron chi connectivity index (χ3n) is 6.12. The topological polar surface area (TPSA) is 50.5 Å². The van der Waals surface area contributed by atoms with Crippen molar-refractivity contribution in [3.8, 4) is 11.5 Å². The average molecular weight is 556 g/mol. The molecule has 38 heavy (non-hydrogen) atoms. The van der Waals surface area contributed by atoms with Crippen molar-refractivity contribution in [1.29, 1.82) is 0 Å². The van der Waals surface area contributed by atoms with Crippen molar-refractivity contribution >= 4 is 46.4 Å². The first-order valence-electron chi connectivity index (χ1n) is 12.0. The Balaban J connectivity index is 1.31. The van der Waals surface area contributed by atoms with Gasteiger partial charge in [0.25, 0.3) is 0 Å². The summed E-state index contributed by atoms with van der Waals surface area (Å²) in [5.74, 6) is 2.32. The van der Waals surface area contributed by atoms with Gasteiger partial charge in [-0.2, -0.15) is 0 Å². The number of para-hydroxylation sites is 1. The Morgan fingerprint density at radius 2 is 1.58 bits per heavy atom. The van der Waals surface area contributed by atoms with Crippen LogP contribution in [0.25, 0.3) is 0 Å². The first-order chi connectivity index (χ1) is 18.6. The Morgan fingerprint density at radius 1 is 0.842 bits per heavy atom. The molecule has 0 bridgehead atoms. The summed E-state index contributed by atoms with van der Waals surface area (Å²) in [6.45, 7) is 0. The Hall–Kier alpha value is -3.78. The minimum absolute atomic E-state index is 0.191. The lowest BCUT2D eigenvalue weighted by Crippen LogP contribution is -2.29. The van der Waals surface area contributed by atoms with Crippen LogP contribution in [0.15, 0.2) is 130 Å². The fourth-order valence-corrected chi connectivity index (χ4v) is 5.64. The molecule has 0 amide bonds.